The van der Waals surface area contributed by atoms with Crippen LogP contribution < -0.4 is 5.32 Å². The van der Waals surface area contributed by atoms with Crippen molar-refractivity contribution in [2.24, 2.45) is 0 Å². The summed E-state index contributed by atoms with van der Waals surface area (Å²) in [6, 6.07) is 0.268. The molecule has 2 unspecified atom stereocenters. The van der Waals surface area contributed by atoms with Gasteiger partial charge in [-0.3, -0.25) is 0 Å². The van der Waals surface area contributed by atoms with E-state index in [9.17, 15) is 13.2 Å². The predicted molar refractivity (Wildman–Crippen MR) is 58.3 cm³/mol. The van der Waals surface area contributed by atoms with E-state index in [1.54, 1.807) is 0 Å². The maximum Gasteiger partial charge on any atom is 0.389 e. The van der Waals surface area contributed by atoms with Crippen molar-refractivity contribution in [2.45, 2.75) is 64.2 Å². The fourth-order valence-corrected chi connectivity index (χ4v) is 1.66. The summed E-state index contributed by atoms with van der Waals surface area (Å²) in [5.41, 5.74) is 0. The van der Waals surface area contributed by atoms with Gasteiger partial charge in [-0.2, -0.15) is 13.2 Å². The molecule has 0 spiro atoms. The molecule has 0 aromatic heterocycles. The molecular weight excluding hydrogens is 219 g/mol. The molecule has 0 aliphatic carbocycles. The van der Waals surface area contributed by atoms with Gasteiger partial charge in [-0.1, -0.05) is 6.92 Å². The fraction of sp³-hybridized carbons (Fsp3) is 1.00. The maximum absolute atomic E-state index is 11.9. The number of rotatable bonds is 8. The molecule has 0 aliphatic heterocycles. The van der Waals surface area contributed by atoms with E-state index in [0.29, 0.717) is 12.8 Å². The first-order chi connectivity index (χ1) is 7.39. The number of aliphatic hydroxyl groups excluding tert-OH is 1. The third kappa shape index (κ3) is 8.97. The van der Waals surface area contributed by atoms with Crippen LogP contribution in [0.15, 0.2) is 0 Å². The van der Waals surface area contributed by atoms with Crippen molar-refractivity contribution in [3.8, 4) is 0 Å². The van der Waals surface area contributed by atoms with Crippen LogP contribution in [0.3, 0.4) is 0 Å². The second-order valence-electron chi connectivity index (χ2n) is 4.19. The van der Waals surface area contributed by atoms with Gasteiger partial charge in [0.15, 0.2) is 0 Å². The molecule has 2 N–H and O–H groups in total. The Labute approximate surface area is 95.2 Å². The Morgan fingerprint density at radius 1 is 1.25 bits per heavy atom. The van der Waals surface area contributed by atoms with E-state index in [1.807, 2.05) is 13.8 Å². The molecule has 0 amide bonds. The predicted octanol–water partition coefficient (Wildman–Crippen LogP) is 2.86. The Morgan fingerprint density at radius 3 is 2.31 bits per heavy atom. The van der Waals surface area contributed by atoms with E-state index in [2.05, 4.69) is 5.32 Å². The highest BCUT2D eigenvalue weighted by molar-refractivity contribution is 4.70. The number of nitrogens with one attached hydrogen (secondary N) is 1. The van der Waals surface area contributed by atoms with Crippen LogP contribution >= 0.6 is 0 Å². The molecular formula is C11H22F3NO. The maximum atomic E-state index is 11.9. The van der Waals surface area contributed by atoms with E-state index in [4.69, 9.17) is 5.11 Å². The van der Waals surface area contributed by atoms with Gasteiger partial charge < -0.3 is 10.4 Å². The van der Waals surface area contributed by atoms with E-state index in [-0.39, 0.29) is 25.1 Å². The molecule has 0 bridgehead atoms. The third-order valence-corrected chi connectivity index (χ3v) is 2.59. The van der Waals surface area contributed by atoms with Crippen molar-refractivity contribution in [2.75, 3.05) is 6.61 Å². The largest absolute Gasteiger partial charge is 0.396 e. The minimum Gasteiger partial charge on any atom is -0.396 e. The van der Waals surface area contributed by atoms with Gasteiger partial charge in [0, 0.05) is 25.1 Å². The van der Waals surface area contributed by atoms with Gasteiger partial charge >= 0.3 is 6.18 Å². The van der Waals surface area contributed by atoms with Crippen LogP contribution in [-0.2, 0) is 0 Å². The van der Waals surface area contributed by atoms with Gasteiger partial charge in [0.25, 0.3) is 0 Å². The fourth-order valence-electron chi connectivity index (χ4n) is 1.66. The monoisotopic (exact) mass is 241 g/mol. The lowest BCUT2D eigenvalue weighted by Crippen LogP contribution is -2.36. The first kappa shape index (κ1) is 15.7. The van der Waals surface area contributed by atoms with Crippen molar-refractivity contribution in [3.63, 3.8) is 0 Å². The van der Waals surface area contributed by atoms with E-state index >= 15 is 0 Å². The summed E-state index contributed by atoms with van der Waals surface area (Å²) >= 11 is 0. The molecule has 0 saturated carbocycles. The third-order valence-electron chi connectivity index (χ3n) is 2.59. The topological polar surface area (TPSA) is 32.3 Å². The number of halogens is 3. The van der Waals surface area contributed by atoms with Gasteiger partial charge in [0.05, 0.1) is 0 Å². The molecule has 0 aliphatic rings. The van der Waals surface area contributed by atoms with Crippen LogP contribution in [0.1, 0.15) is 46.0 Å². The van der Waals surface area contributed by atoms with E-state index in [0.717, 1.165) is 6.42 Å². The highest BCUT2D eigenvalue weighted by Gasteiger charge is 2.26. The lowest BCUT2D eigenvalue weighted by atomic mass is 10.1. The van der Waals surface area contributed by atoms with Gasteiger partial charge in [-0.05, 0) is 32.6 Å². The first-order valence-electron chi connectivity index (χ1n) is 5.82. The van der Waals surface area contributed by atoms with Crippen molar-refractivity contribution in [1.82, 2.24) is 5.32 Å². The van der Waals surface area contributed by atoms with Crippen LogP contribution in [0.4, 0.5) is 13.2 Å². The average Bonchev–Trinajstić information content (AvgIpc) is 2.15. The van der Waals surface area contributed by atoms with Crippen molar-refractivity contribution < 1.29 is 18.3 Å². The SMILES string of the molecule is CCC(CCO)NC(C)CCCC(F)(F)F. The Balaban J connectivity index is 3.67. The Bertz CT molecular complexity index is 173. The molecule has 2 atom stereocenters. The molecule has 0 aromatic rings. The molecule has 5 heteroatoms. The van der Waals surface area contributed by atoms with Gasteiger partial charge in [-0.25, -0.2) is 0 Å². The molecule has 0 radical (unpaired) electrons. The minimum atomic E-state index is -4.05. The molecule has 0 rings (SSSR count). The molecule has 98 valence electrons. The minimum absolute atomic E-state index is 0.0684. The molecule has 16 heavy (non-hydrogen) atoms. The van der Waals surface area contributed by atoms with Crippen molar-refractivity contribution in [1.29, 1.82) is 0 Å². The Morgan fingerprint density at radius 2 is 1.88 bits per heavy atom. The van der Waals surface area contributed by atoms with Crippen LogP contribution in [0, 0.1) is 0 Å². The van der Waals surface area contributed by atoms with Crippen molar-refractivity contribution in [3.05, 3.63) is 0 Å². The average molecular weight is 241 g/mol. The zero-order valence-electron chi connectivity index (χ0n) is 9.98. The number of alkyl halides is 3. The van der Waals surface area contributed by atoms with Gasteiger partial charge in [-0.15, -0.1) is 0 Å². The van der Waals surface area contributed by atoms with Crippen LogP contribution in [0.5, 0.6) is 0 Å². The highest BCUT2D eigenvalue weighted by Crippen LogP contribution is 2.22. The molecule has 0 saturated heterocycles. The standard InChI is InChI=1S/C11H22F3NO/c1-3-10(6-8-16)15-9(2)5-4-7-11(12,13)14/h9-10,15-16H,3-8H2,1-2H3. The smallest absolute Gasteiger partial charge is 0.389 e. The highest BCUT2D eigenvalue weighted by atomic mass is 19.4. The van der Waals surface area contributed by atoms with Crippen LogP contribution in [-0.4, -0.2) is 30.0 Å². The molecule has 2 nitrogen and oxygen atoms in total. The summed E-state index contributed by atoms with van der Waals surface area (Å²) in [5, 5.41) is 12.0. The number of aliphatic hydroxyl groups is 1. The number of hydrogen-bond donors (Lipinski definition) is 2. The van der Waals surface area contributed by atoms with Gasteiger partial charge in [0.2, 0.25) is 0 Å². The lowest BCUT2D eigenvalue weighted by molar-refractivity contribution is -0.135. The summed E-state index contributed by atoms with van der Waals surface area (Å²) in [7, 11) is 0. The second-order valence-corrected chi connectivity index (χ2v) is 4.19. The summed E-state index contributed by atoms with van der Waals surface area (Å²) in [6.07, 6.45) is -2.55. The summed E-state index contributed by atoms with van der Waals surface area (Å²) in [6.45, 7) is 3.99. The van der Waals surface area contributed by atoms with E-state index < -0.39 is 12.6 Å². The Kier molecular flexibility index (Phi) is 7.76. The van der Waals surface area contributed by atoms with Gasteiger partial charge in [0.1, 0.15) is 0 Å². The second kappa shape index (κ2) is 7.90. The molecule has 0 heterocycles. The quantitative estimate of drug-likeness (QED) is 0.685. The Hall–Kier alpha value is -0.290. The summed E-state index contributed by atoms with van der Waals surface area (Å²) < 4.78 is 35.7. The zero-order valence-corrected chi connectivity index (χ0v) is 9.98. The van der Waals surface area contributed by atoms with E-state index in [1.165, 1.54) is 0 Å². The summed E-state index contributed by atoms with van der Waals surface area (Å²) in [5.74, 6) is 0. The van der Waals surface area contributed by atoms with Crippen LogP contribution in [0.2, 0.25) is 0 Å². The lowest BCUT2D eigenvalue weighted by Gasteiger charge is -2.21. The van der Waals surface area contributed by atoms with Crippen molar-refractivity contribution >= 4 is 0 Å². The summed E-state index contributed by atoms with van der Waals surface area (Å²) in [4.78, 5) is 0. The molecule has 0 fully saturated rings. The normalized spacial score (nSPS) is 16.1. The zero-order chi connectivity index (χ0) is 12.6. The van der Waals surface area contributed by atoms with Crippen LogP contribution in [0.25, 0.3) is 0 Å². The number of hydrogen-bond acceptors (Lipinski definition) is 2. The molecule has 0 aromatic carbocycles. The first-order valence-corrected chi connectivity index (χ1v) is 5.82.